The van der Waals surface area contributed by atoms with Gasteiger partial charge in [0.15, 0.2) is 0 Å². The number of fused-ring (bicyclic) bond motifs is 1. The molecule has 2 aromatic heterocycles. The van der Waals surface area contributed by atoms with E-state index in [9.17, 15) is 0 Å². The Morgan fingerprint density at radius 3 is 2.27 bits per heavy atom. The topological polar surface area (TPSA) is 38.9 Å². The highest BCUT2D eigenvalue weighted by Crippen LogP contribution is 2.29. The summed E-state index contributed by atoms with van der Waals surface area (Å²) < 4.78 is 4.50. The summed E-state index contributed by atoms with van der Waals surface area (Å²) in [4.78, 5) is 2.58. The summed E-state index contributed by atoms with van der Waals surface area (Å²) in [6.45, 7) is 4.17. The van der Waals surface area contributed by atoms with Crippen LogP contribution in [0.25, 0.3) is 10.9 Å². The summed E-state index contributed by atoms with van der Waals surface area (Å²) in [5, 5.41) is 9.12. The van der Waals surface area contributed by atoms with Crippen LogP contribution in [0.5, 0.6) is 0 Å². The Morgan fingerprint density at radius 2 is 1.53 bits per heavy atom. The first-order valence-electron chi connectivity index (χ1n) is 10.0. The van der Waals surface area contributed by atoms with Crippen LogP contribution in [-0.2, 0) is 13.1 Å². The summed E-state index contributed by atoms with van der Waals surface area (Å²) in [5.41, 5.74) is 4.03. The van der Waals surface area contributed by atoms with Crippen molar-refractivity contribution in [1.29, 1.82) is 0 Å². The minimum atomic E-state index is 0. The number of nitrogens with zero attached hydrogens (tertiary/aromatic N) is 5. The molecule has 5 nitrogen and oxygen atoms in total. The third kappa shape index (κ3) is 4.86. The zero-order chi connectivity index (χ0) is 18.8. The Labute approximate surface area is 189 Å². The Balaban J connectivity index is 0.00000128. The first-order chi connectivity index (χ1) is 13.8. The molecule has 0 atom stereocenters. The lowest BCUT2D eigenvalue weighted by molar-refractivity contribution is 0.181. The zero-order valence-electron chi connectivity index (χ0n) is 16.8. The fourth-order valence-corrected chi connectivity index (χ4v) is 4.32. The minimum Gasteiger partial charge on any atom is -0.344 e. The van der Waals surface area contributed by atoms with Crippen LogP contribution in [-0.4, -0.2) is 37.3 Å². The van der Waals surface area contributed by atoms with Crippen molar-refractivity contribution in [2.45, 2.75) is 32.0 Å². The van der Waals surface area contributed by atoms with E-state index in [1.807, 2.05) is 4.57 Å². The molecule has 1 saturated heterocycles. The number of aromatic nitrogens is 4. The summed E-state index contributed by atoms with van der Waals surface area (Å²) >= 11 is 0. The Hall–Kier alpha value is -2.34. The van der Waals surface area contributed by atoms with Gasteiger partial charge in [-0.2, -0.15) is 0 Å². The molecule has 2 aromatic carbocycles. The van der Waals surface area contributed by atoms with Crippen molar-refractivity contribution in [2.24, 2.45) is 0 Å². The highest BCUT2D eigenvalue weighted by molar-refractivity contribution is 5.85. The van der Waals surface area contributed by atoms with Gasteiger partial charge < -0.3 is 9.13 Å². The predicted octanol–water partition coefficient (Wildman–Crippen LogP) is 4.96. The maximum atomic E-state index is 3.90. The second-order valence-electron chi connectivity index (χ2n) is 7.74. The molecule has 0 bridgehead atoms. The monoisotopic (exact) mass is 443 g/mol. The van der Waals surface area contributed by atoms with E-state index in [4.69, 9.17) is 0 Å². The lowest BCUT2D eigenvalue weighted by atomic mass is 10.0. The van der Waals surface area contributed by atoms with Gasteiger partial charge in [-0.1, -0.05) is 42.5 Å². The lowest BCUT2D eigenvalue weighted by Gasteiger charge is -2.33. The number of rotatable bonds is 5. The van der Waals surface area contributed by atoms with Crippen molar-refractivity contribution in [2.75, 3.05) is 13.1 Å². The number of benzene rings is 2. The highest BCUT2D eigenvalue weighted by Gasteiger charge is 2.21. The van der Waals surface area contributed by atoms with Crippen LogP contribution in [0.1, 0.15) is 30.0 Å². The van der Waals surface area contributed by atoms with Crippen LogP contribution in [0.15, 0.2) is 73.4 Å². The van der Waals surface area contributed by atoms with Gasteiger partial charge in [0, 0.05) is 37.4 Å². The molecule has 0 saturated carbocycles. The van der Waals surface area contributed by atoms with Gasteiger partial charge >= 0.3 is 0 Å². The van der Waals surface area contributed by atoms with Crippen LogP contribution >= 0.6 is 24.8 Å². The summed E-state index contributed by atoms with van der Waals surface area (Å²) in [7, 11) is 0. The van der Waals surface area contributed by atoms with E-state index in [1.165, 1.54) is 34.9 Å². The molecule has 7 heteroatoms. The molecule has 0 radical (unpaired) electrons. The van der Waals surface area contributed by atoms with Gasteiger partial charge in [0.25, 0.3) is 0 Å². The predicted molar refractivity (Wildman–Crippen MR) is 126 cm³/mol. The van der Waals surface area contributed by atoms with Crippen molar-refractivity contribution in [1.82, 2.24) is 24.2 Å². The van der Waals surface area contributed by atoms with E-state index in [2.05, 4.69) is 80.5 Å². The average Bonchev–Trinajstić information content (AvgIpc) is 3.39. The van der Waals surface area contributed by atoms with Gasteiger partial charge in [-0.25, -0.2) is 0 Å². The van der Waals surface area contributed by atoms with E-state index in [1.54, 1.807) is 12.7 Å². The van der Waals surface area contributed by atoms with Gasteiger partial charge in [0.2, 0.25) is 0 Å². The fourth-order valence-electron chi connectivity index (χ4n) is 4.32. The average molecular weight is 444 g/mol. The molecule has 3 heterocycles. The molecule has 0 amide bonds. The third-order valence-corrected chi connectivity index (χ3v) is 5.82. The molecular formula is C23H27Cl2N5. The number of likely N-dealkylation sites (tertiary alicyclic amines) is 1. The van der Waals surface area contributed by atoms with E-state index >= 15 is 0 Å². The van der Waals surface area contributed by atoms with Gasteiger partial charge in [-0.15, -0.1) is 35.0 Å². The van der Waals surface area contributed by atoms with E-state index in [-0.39, 0.29) is 24.8 Å². The van der Waals surface area contributed by atoms with Gasteiger partial charge in [-0.3, -0.25) is 4.90 Å². The van der Waals surface area contributed by atoms with E-state index in [0.717, 1.165) is 26.2 Å². The normalized spacial score (nSPS) is 14.9. The molecule has 0 spiro atoms. The number of hydrogen-bond acceptors (Lipinski definition) is 3. The Bertz CT molecular complexity index is 1040. The van der Waals surface area contributed by atoms with Crippen molar-refractivity contribution < 1.29 is 0 Å². The molecule has 30 heavy (non-hydrogen) atoms. The molecule has 0 N–H and O–H groups in total. The highest BCUT2D eigenvalue weighted by atomic mass is 35.5. The fraction of sp³-hybridized carbons (Fsp3) is 0.304. The zero-order valence-corrected chi connectivity index (χ0v) is 18.4. The quantitative estimate of drug-likeness (QED) is 0.437. The molecule has 4 aromatic rings. The number of halogens is 2. The van der Waals surface area contributed by atoms with E-state index in [0.29, 0.717) is 6.04 Å². The first-order valence-corrected chi connectivity index (χ1v) is 10.0. The van der Waals surface area contributed by atoms with Crippen LogP contribution in [0, 0.1) is 0 Å². The summed E-state index contributed by atoms with van der Waals surface area (Å²) in [5.74, 6) is 0. The van der Waals surface area contributed by atoms with Crippen LogP contribution in [0.2, 0.25) is 0 Å². The van der Waals surface area contributed by atoms with Crippen LogP contribution in [0.4, 0.5) is 0 Å². The van der Waals surface area contributed by atoms with Crippen molar-refractivity contribution >= 4 is 35.7 Å². The van der Waals surface area contributed by atoms with Crippen molar-refractivity contribution in [3.8, 4) is 0 Å². The maximum absolute atomic E-state index is 3.90. The summed E-state index contributed by atoms with van der Waals surface area (Å²) in [6.07, 6.45) is 8.21. The van der Waals surface area contributed by atoms with Gasteiger partial charge in [0.1, 0.15) is 12.7 Å². The van der Waals surface area contributed by atoms with Gasteiger partial charge in [-0.05, 0) is 41.5 Å². The molecule has 0 unspecified atom stereocenters. The molecular weight excluding hydrogens is 417 g/mol. The largest absolute Gasteiger partial charge is 0.344 e. The van der Waals surface area contributed by atoms with E-state index < -0.39 is 0 Å². The third-order valence-electron chi connectivity index (χ3n) is 5.82. The first kappa shape index (κ1) is 22.3. The molecule has 1 aliphatic heterocycles. The molecule has 1 fully saturated rings. The lowest BCUT2D eigenvalue weighted by Crippen LogP contribution is -2.34. The summed E-state index contributed by atoms with van der Waals surface area (Å²) in [6, 6.07) is 20.4. The number of piperidine rings is 1. The van der Waals surface area contributed by atoms with Gasteiger partial charge in [0.05, 0.1) is 6.54 Å². The molecule has 1 aliphatic rings. The SMILES string of the molecule is Cl.Cl.c1ccc(CN2CCC(n3ccc4ccc(Cn5cnnc5)cc43)CC2)cc1. The number of hydrogen-bond donors (Lipinski definition) is 0. The van der Waals surface area contributed by atoms with Crippen LogP contribution < -0.4 is 0 Å². The second-order valence-corrected chi connectivity index (χ2v) is 7.74. The smallest absolute Gasteiger partial charge is 0.119 e. The second kappa shape index (κ2) is 10.1. The Morgan fingerprint density at radius 1 is 0.800 bits per heavy atom. The van der Waals surface area contributed by atoms with Crippen molar-refractivity contribution in [3.63, 3.8) is 0 Å². The molecule has 158 valence electrons. The minimum absolute atomic E-state index is 0. The molecule has 0 aliphatic carbocycles. The Kier molecular flexibility index (Phi) is 7.53. The standard InChI is InChI=1S/C23H25N5.2ClH/c1-2-4-19(5-3-1)15-26-11-9-22(10-12-26)28-13-8-21-7-6-20(14-23(21)28)16-27-17-24-25-18-27;;/h1-8,13-14,17-18,22H,9-12,15-16H2;2*1H. The van der Waals surface area contributed by atoms with Crippen molar-refractivity contribution in [3.05, 3.63) is 84.6 Å². The molecule has 5 rings (SSSR count). The maximum Gasteiger partial charge on any atom is 0.119 e. The van der Waals surface area contributed by atoms with Crippen LogP contribution in [0.3, 0.4) is 0 Å².